The van der Waals surface area contributed by atoms with E-state index in [1.54, 1.807) is 0 Å². The zero-order valence-electron chi connectivity index (χ0n) is 13.8. The number of rotatable bonds is 4. The first kappa shape index (κ1) is 16.5. The number of hydrogen-bond acceptors (Lipinski definition) is 3. The summed E-state index contributed by atoms with van der Waals surface area (Å²) in [6.45, 7) is 11.0. The molecular formula is C17H30N2O2. The summed E-state index contributed by atoms with van der Waals surface area (Å²) in [4.78, 5) is 14.2. The number of piperidine rings is 1. The molecule has 4 nitrogen and oxygen atoms in total. The Labute approximate surface area is 128 Å². The van der Waals surface area contributed by atoms with Gasteiger partial charge in [-0.1, -0.05) is 32.4 Å². The highest BCUT2D eigenvalue weighted by molar-refractivity contribution is 5.76. The molecule has 2 aliphatic heterocycles. The lowest BCUT2D eigenvalue weighted by atomic mass is 9.83. The molecule has 0 spiro atoms. The number of amides is 1. The lowest BCUT2D eigenvalue weighted by Crippen LogP contribution is -2.37. The van der Waals surface area contributed by atoms with E-state index >= 15 is 0 Å². The van der Waals surface area contributed by atoms with Crippen LogP contribution in [0.2, 0.25) is 0 Å². The van der Waals surface area contributed by atoms with Crippen LogP contribution < -0.4 is 5.32 Å². The summed E-state index contributed by atoms with van der Waals surface area (Å²) in [5, 5.41) is 3.32. The standard InChI is InChI=1S/C17H30N2O2/c1-17(2,3)14-6-11-19(12-7-14)16(20)8-13-21-15-4-9-18-10-5-15/h6,15,18H,4-5,7-13H2,1-3H3. The van der Waals surface area contributed by atoms with Crippen molar-refractivity contribution in [2.75, 3.05) is 32.8 Å². The molecule has 0 aromatic heterocycles. The van der Waals surface area contributed by atoms with E-state index < -0.39 is 0 Å². The smallest absolute Gasteiger partial charge is 0.225 e. The fourth-order valence-corrected chi connectivity index (χ4v) is 3.01. The molecule has 1 amide bonds. The van der Waals surface area contributed by atoms with Crippen molar-refractivity contribution in [2.45, 2.75) is 52.6 Å². The van der Waals surface area contributed by atoms with Crippen molar-refractivity contribution in [1.82, 2.24) is 10.2 Å². The summed E-state index contributed by atoms with van der Waals surface area (Å²) in [5.41, 5.74) is 1.70. The minimum Gasteiger partial charge on any atom is -0.378 e. The molecule has 0 saturated carbocycles. The topological polar surface area (TPSA) is 41.6 Å². The van der Waals surface area contributed by atoms with Gasteiger partial charge in [0.25, 0.3) is 0 Å². The number of hydrogen-bond donors (Lipinski definition) is 1. The molecule has 0 radical (unpaired) electrons. The van der Waals surface area contributed by atoms with Crippen LogP contribution in [0.1, 0.15) is 46.5 Å². The second-order valence-corrected chi connectivity index (χ2v) is 7.14. The average Bonchev–Trinajstić information content (AvgIpc) is 2.47. The summed E-state index contributed by atoms with van der Waals surface area (Å²) in [5.74, 6) is 0.230. The zero-order chi connectivity index (χ0) is 15.3. The van der Waals surface area contributed by atoms with Crippen LogP contribution >= 0.6 is 0 Å². The Morgan fingerprint density at radius 3 is 2.67 bits per heavy atom. The summed E-state index contributed by atoms with van der Waals surface area (Å²) < 4.78 is 5.82. The highest BCUT2D eigenvalue weighted by atomic mass is 16.5. The second kappa shape index (κ2) is 7.41. The quantitative estimate of drug-likeness (QED) is 0.809. The first-order valence-electron chi connectivity index (χ1n) is 8.26. The maximum absolute atomic E-state index is 12.2. The van der Waals surface area contributed by atoms with Crippen LogP contribution in [0.4, 0.5) is 0 Å². The molecule has 0 atom stereocenters. The van der Waals surface area contributed by atoms with E-state index in [4.69, 9.17) is 4.74 Å². The van der Waals surface area contributed by atoms with E-state index in [9.17, 15) is 4.79 Å². The first-order valence-corrected chi connectivity index (χ1v) is 8.26. The molecule has 0 unspecified atom stereocenters. The van der Waals surface area contributed by atoms with Crippen LogP contribution in [-0.2, 0) is 9.53 Å². The molecule has 4 heteroatoms. The molecule has 0 aromatic rings. The molecule has 0 bridgehead atoms. The largest absolute Gasteiger partial charge is 0.378 e. The van der Waals surface area contributed by atoms with Gasteiger partial charge in [-0.25, -0.2) is 0 Å². The number of nitrogens with one attached hydrogen (secondary N) is 1. The normalized spacial score (nSPS) is 21.3. The Bertz CT molecular complexity index is 379. The van der Waals surface area contributed by atoms with Gasteiger partial charge in [0.1, 0.15) is 0 Å². The third kappa shape index (κ3) is 5.11. The molecule has 1 fully saturated rings. The zero-order valence-corrected chi connectivity index (χ0v) is 13.8. The molecule has 1 N–H and O–H groups in total. The number of carbonyl (C=O) groups is 1. The maximum Gasteiger partial charge on any atom is 0.225 e. The highest BCUT2D eigenvalue weighted by Gasteiger charge is 2.23. The van der Waals surface area contributed by atoms with Gasteiger partial charge in [-0.05, 0) is 37.8 Å². The van der Waals surface area contributed by atoms with Crippen molar-refractivity contribution in [3.8, 4) is 0 Å². The number of ether oxygens (including phenoxy) is 1. The lowest BCUT2D eigenvalue weighted by molar-refractivity contribution is -0.132. The Kier molecular flexibility index (Phi) is 5.82. The predicted octanol–water partition coefficient (Wildman–Crippen LogP) is 2.35. The predicted molar refractivity (Wildman–Crippen MR) is 85.2 cm³/mol. The van der Waals surface area contributed by atoms with Gasteiger partial charge in [0, 0.05) is 13.1 Å². The minimum atomic E-state index is 0.229. The summed E-state index contributed by atoms with van der Waals surface area (Å²) in [6.07, 6.45) is 6.22. The highest BCUT2D eigenvalue weighted by Crippen LogP contribution is 2.30. The minimum absolute atomic E-state index is 0.229. The maximum atomic E-state index is 12.2. The second-order valence-electron chi connectivity index (χ2n) is 7.14. The van der Waals surface area contributed by atoms with E-state index in [2.05, 4.69) is 32.2 Å². The molecule has 0 aromatic carbocycles. The molecular weight excluding hydrogens is 264 g/mol. The Morgan fingerprint density at radius 1 is 1.38 bits per heavy atom. The Hall–Kier alpha value is -0.870. The van der Waals surface area contributed by atoms with Crippen molar-refractivity contribution >= 4 is 5.91 Å². The van der Waals surface area contributed by atoms with Gasteiger partial charge in [0.05, 0.1) is 19.1 Å². The van der Waals surface area contributed by atoms with Gasteiger partial charge >= 0.3 is 0 Å². The molecule has 1 saturated heterocycles. The third-order valence-corrected chi connectivity index (χ3v) is 4.48. The fraction of sp³-hybridized carbons (Fsp3) is 0.824. The van der Waals surface area contributed by atoms with Crippen molar-refractivity contribution in [1.29, 1.82) is 0 Å². The summed E-state index contributed by atoms with van der Waals surface area (Å²) in [7, 11) is 0. The average molecular weight is 294 g/mol. The van der Waals surface area contributed by atoms with Crippen molar-refractivity contribution in [3.63, 3.8) is 0 Å². The Balaban J connectivity index is 1.68. The molecule has 21 heavy (non-hydrogen) atoms. The number of nitrogens with zero attached hydrogens (tertiary/aromatic N) is 1. The monoisotopic (exact) mass is 294 g/mol. The number of carbonyl (C=O) groups excluding carboxylic acids is 1. The van der Waals surface area contributed by atoms with Crippen molar-refractivity contribution in [2.24, 2.45) is 5.41 Å². The molecule has 2 rings (SSSR count). The van der Waals surface area contributed by atoms with Gasteiger partial charge in [-0.3, -0.25) is 4.79 Å². The van der Waals surface area contributed by atoms with Crippen LogP contribution in [0.3, 0.4) is 0 Å². The molecule has 120 valence electrons. The van der Waals surface area contributed by atoms with Crippen LogP contribution in [0.15, 0.2) is 11.6 Å². The van der Waals surface area contributed by atoms with E-state index in [-0.39, 0.29) is 11.3 Å². The fourth-order valence-electron chi connectivity index (χ4n) is 3.01. The van der Waals surface area contributed by atoms with Crippen LogP contribution in [-0.4, -0.2) is 49.7 Å². The lowest BCUT2D eigenvalue weighted by Gasteiger charge is -2.32. The van der Waals surface area contributed by atoms with Crippen LogP contribution in [0.5, 0.6) is 0 Å². The first-order chi connectivity index (χ1) is 9.97. The molecule has 0 aliphatic carbocycles. The van der Waals surface area contributed by atoms with Crippen molar-refractivity contribution < 1.29 is 9.53 Å². The molecule has 2 heterocycles. The third-order valence-electron chi connectivity index (χ3n) is 4.48. The van der Waals surface area contributed by atoms with E-state index in [1.165, 1.54) is 5.57 Å². The Morgan fingerprint density at radius 2 is 2.10 bits per heavy atom. The summed E-state index contributed by atoms with van der Waals surface area (Å²) in [6, 6.07) is 0. The van der Waals surface area contributed by atoms with Gasteiger partial charge < -0.3 is 15.0 Å². The van der Waals surface area contributed by atoms with E-state index in [1.807, 2.05) is 4.90 Å². The van der Waals surface area contributed by atoms with Gasteiger partial charge in [-0.2, -0.15) is 0 Å². The summed E-state index contributed by atoms with van der Waals surface area (Å²) >= 11 is 0. The van der Waals surface area contributed by atoms with E-state index in [0.717, 1.165) is 45.4 Å². The van der Waals surface area contributed by atoms with Crippen molar-refractivity contribution in [3.05, 3.63) is 11.6 Å². The van der Waals surface area contributed by atoms with Gasteiger partial charge in [0.15, 0.2) is 0 Å². The van der Waals surface area contributed by atoms with Crippen LogP contribution in [0, 0.1) is 5.41 Å². The van der Waals surface area contributed by atoms with Gasteiger partial charge in [0.2, 0.25) is 5.91 Å². The van der Waals surface area contributed by atoms with Crippen LogP contribution in [0.25, 0.3) is 0 Å². The molecule has 2 aliphatic rings. The van der Waals surface area contributed by atoms with E-state index in [0.29, 0.717) is 19.1 Å². The van der Waals surface area contributed by atoms with Gasteiger partial charge in [-0.15, -0.1) is 0 Å². The SMILES string of the molecule is CC(C)(C)C1=CCN(C(=O)CCOC2CCNCC2)CC1.